The number of hydrogen-bond donors (Lipinski definition) is 1. The van der Waals surface area contributed by atoms with Gasteiger partial charge in [0.05, 0.1) is 5.52 Å². The van der Waals surface area contributed by atoms with E-state index in [0.717, 1.165) is 45.2 Å². The fraction of sp³-hybridized carbons (Fsp3) is 0.522. The number of aromatic nitrogens is 2. The largest absolute Gasteiger partial charge is 0.349 e. The number of carbonyl (C=O) groups is 2. The minimum atomic E-state index is -0.228. The highest BCUT2D eigenvalue weighted by molar-refractivity contribution is 6.02. The maximum Gasteiger partial charge on any atom is 0.287 e. The third kappa shape index (κ3) is 4.36. The molecule has 0 aromatic carbocycles. The van der Waals surface area contributed by atoms with Crippen LogP contribution < -0.4 is 5.32 Å². The molecule has 0 saturated carbocycles. The second kappa shape index (κ2) is 8.80. The molecular weight excluding hydrogens is 364 g/mol. The van der Waals surface area contributed by atoms with Gasteiger partial charge >= 0.3 is 0 Å². The van der Waals surface area contributed by atoms with Crippen LogP contribution in [0.2, 0.25) is 0 Å². The SMILES string of the molecule is CC1CCCN(C(=O)c2nc(C(=O)NCCC3=CCCCC3)n3ccccc23)C1. The van der Waals surface area contributed by atoms with E-state index in [-0.39, 0.29) is 17.6 Å². The molecule has 1 saturated heterocycles. The van der Waals surface area contributed by atoms with Crippen LogP contribution in [0.15, 0.2) is 36.0 Å². The maximum atomic E-state index is 13.1. The number of pyridine rings is 1. The Hall–Kier alpha value is -2.63. The fourth-order valence-electron chi connectivity index (χ4n) is 4.43. The number of allylic oxidation sites excluding steroid dienone is 1. The van der Waals surface area contributed by atoms with Crippen LogP contribution in [0.1, 0.15) is 73.0 Å². The van der Waals surface area contributed by atoms with Crippen molar-refractivity contribution in [3.05, 3.63) is 47.6 Å². The smallest absolute Gasteiger partial charge is 0.287 e. The predicted octanol–water partition coefficient (Wildman–Crippen LogP) is 3.83. The van der Waals surface area contributed by atoms with Gasteiger partial charge in [-0.1, -0.05) is 24.6 Å². The Bertz CT molecular complexity index is 930. The molecule has 1 N–H and O–H groups in total. The molecule has 2 aromatic heterocycles. The molecule has 2 amide bonds. The molecule has 154 valence electrons. The van der Waals surface area contributed by atoms with Gasteiger partial charge in [0.1, 0.15) is 0 Å². The summed E-state index contributed by atoms with van der Waals surface area (Å²) in [4.78, 5) is 32.3. The van der Waals surface area contributed by atoms with Gasteiger partial charge in [0, 0.05) is 25.8 Å². The topological polar surface area (TPSA) is 66.7 Å². The van der Waals surface area contributed by atoms with Crippen LogP contribution in [0.4, 0.5) is 0 Å². The van der Waals surface area contributed by atoms with Gasteiger partial charge < -0.3 is 10.2 Å². The van der Waals surface area contributed by atoms with Crippen molar-refractivity contribution in [1.82, 2.24) is 19.6 Å². The number of imidazole rings is 1. The van der Waals surface area contributed by atoms with Gasteiger partial charge in [-0.2, -0.15) is 0 Å². The molecule has 4 rings (SSSR count). The molecule has 1 unspecified atom stereocenters. The van der Waals surface area contributed by atoms with E-state index in [1.807, 2.05) is 23.1 Å². The Morgan fingerprint density at radius 1 is 1.24 bits per heavy atom. The van der Waals surface area contributed by atoms with Crippen molar-refractivity contribution in [3.8, 4) is 0 Å². The summed E-state index contributed by atoms with van der Waals surface area (Å²) < 4.78 is 1.73. The summed E-state index contributed by atoms with van der Waals surface area (Å²) in [5, 5.41) is 2.99. The molecule has 1 fully saturated rings. The summed E-state index contributed by atoms with van der Waals surface area (Å²) >= 11 is 0. The number of fused-ring (bicyclic) bond motifs is 1. The van der Waals surface area contributed by atoms with Crippen LogP contribution in [0.5, 0.6) is 0 Å². The number of hydrogen-bond acceptors (Lipinski definition) is 3. The average molecular weight is 395 g/mol. The van der Waals surface area contributed by atoms with E-state index in [2.05, 4.69) is 23.3 Å². The lowest BCUT2D eigenvalue weighted by Crippen LogP contribution is -2.39. The van der Waals surface area contributed by atoms with E-state index in [1.54, 1.807) is 10.6 Å². The molecule has 1 aliphatic heterocycles. The zero-order valence-corrected chi connectivity index (χ0v) is 17.2. The molecule has 0 bridgehead atoms. The standard InChI is InChI=1S/C23H30N4O2/c1-17-8-7-14-26(16-17)23(29)20-19-11-5-6-15-27(19)21(25-20)22(28)24-13-12-18-9-3-2-4-10-18/h5-6,9,11,15,17H,2-4,7-8,10,12-14,16H2,1H3,(H,24,28). The van der Waals surface area contributed by atoms with Crippen molar-refractivity contribution < 1.29 is 9.59 Å². The number of likely N-dealkylation sites (tertiary alicyclic amines) is 1. The first-order valence-corrected chi connectivity index (χ1v) is 10.9. The Balaban J connectivity index is 1.51. The van der Waals surface area contributed by atoms with Crippen molar-refractivity contribution in [1.29, 1.82) is 0 Å². The Kier molecular flexibility index (Phi) is 5.97. The van der Waals surface area contributed by atoms with E-state index in [0.29, 0.717) is 23.7 Å². The molecule has 2 aromatic rings. The molecule has 29 heavy (non-hydrogen) atoms. The molecular formula is C23H30N4O2. The molecule has 6 heteroatoms. The van der Waals surface area contributed by atoms with Crippen molar-refractivity contribution >= 4 is 17.3 Å². The van der Waals surface area contributed by atoms with Crippen LogP contribution in [-0.2, 0) is 0 Å². The lowest BCUT2D eigenvalue weighted by Gasteiger charge is -2.30. The Labute approximate surface area is 172 Å². The van der Waals surface area contributed by atoms with Crippen LogP contribution in [0.25, 0.3) is 5.52 Å². The highest BCUT2D eigenvalue weighted by Crippen LogP contribution is 2.21. The number of rotatable bonds is 5. The summed E-state index contributed by atoms with van der Waals surface area (Å²) in [6, 6.07) is 5.59. The first-order valence-electron chi connectivity index (χ1n) is 10.9. The van der Waals surface area contributed by atoms with Gasteiger partial charge in [0.2, 0.25) is 5.82 Å². The number of nitrogens with one attached hydrogen (secondary N) is 1. The molecule has 3 heterocycles. The molecule has 1 aliphatic carbocycles. The molecule has 1 atom stereocenters. The van der Waals surface area contributed by atoms with Crippen molar-refractivity contribution in [2.45, 2.75) is 51.9 Å². The second-order valence-electron chi connectivity index (χ2n) is 8.35. The Morgan fingerprint density at radius 3 is 2.93 bits per heavy atom. The summed E-state index contributed by atoms with van der Waals surface area (Å²) in [5.74, 6) is 0.477. The van der Waals surface area contributed by atoms with E-state index in [9.17, 15) is 9.59 Å². The summed E-state index contributed by atoms with van der Waals surface area (Å²) in [6.45, 7) is 4.28. The van der Waals surface area contributed by atoms with E-state index in [4.69, 9.17) is 0 Å². The molecule has 0 radical (unpaired) electrons. The van der Waals surface area contributed by atoms with Gasteiger partial charge in [-0.15, -0.1) is 0 Å². The minimum absolute atomic E-state index is 0.0772. The molecule has 6 nitrogen and oxygen atoms in total. The second-order valence-corrected chi connectivity index (χ2v) is 8.35. The maximum absolute atomic E-state index is 13.1. The first-order chi connectivity index (χ1) is 14.1. The monoisotopic (exact) mass is 394 g/mol. The summed E-state index contributed by atoms with van der Waals surface area (Å²) in [5.41, 5.74) is 2.50. The normalized spacial score (nSPS) is 19.8. The van der Waals surface area contributed by atoms with Crippen molar-refractivity contribution in [3.63, 3.8) is 0 Å². The molecule has 0 spiro atoms. The predicted molar refractivity (Wildman–Crippen MR) is 113 cm³/mol. The number of amides is 2. The van der Waals surface area contributed by atoms with Gasteiger partial charge in [-0.3, -0.25) is 14.0 Å². The minimum Gasteiger partial charge on any atom is -0.349 e. The highest BCUT2D eigenvalue weighted by atomic mass is 16.2. The van der Waals surface area contributed by atoms with Crippen molar-refractivity contribution in [2.24, 2.45) is 5.92 Å². The van der Waals surface area contributed by atoms with Crippen LogP contribution in [-0.4, -0.2) is 45.7 Å². The number of nitrogens with zero attached hydrogens (tertiary/aromatic N) is 3. The van der Waals surface area contributed by atoms with E-state index in [1.165, 1.54) is 18.4 Å². The van der Waals surface area contributed by atoms with Crippen molar-refractivity contribution in [2.75, 3.05) is 19.6 Å². The fourth-order valence-corrected chi connectivity index (χ4v) is 4.43. The van der Waals surface area contributed by atoms with Gasteiger partial charge in [0.25, 0.3) is 11.8 Å². The average Bonchev–Trinajstić information content (AvgIpc) is 3.14. The quantitative estimate of drug-likeness (QED) is 0.784. The van der Waals surface area contributed by atoms with Gasteiger partial charge in [-0.25, -0.2) is 4.98 Å². The third-order valence-electron chi connectivity index (χ3n) is 6.01. The first kappa shape index (κ1) is 19.7. The van der Waals surface area contributed by atoms with Crippen LogP contribution >= 0.6 is 0 Å². The third-order valence-corrected chi connectivity index (χ3v) is 6.01. The number of carbonyl (C=O) groups excluding carboxylic acids is 2. The zero-order valence-electron chi connectivity index (χ0n) is 17.2. The van der Waals surface area contributed by atoms with E-state index >= 15 is 0 Å². The Morgan fingerprint density at radius 2 is 2.14 bits per heavy atom. The summed E-state index contributed by atoms with van der Waals surface area (Å²) in [7, 11) is 0. The van der Waals surface area contributed by atoms with Crippen LogP contribution in [0.3, 0.4) is 0 Å². The lowest BCUT2D eigenvalue weighted by atomic mass is 9.97. The zero-order chi connectivity index (χ0) is 20.2. The highest BCUT2D eigenvalue weighted by Gasteiger charge is 2.27. The molecule has 2 aliphatic rings. The van der Waals surface area contributed by atoms with Gasteiger partial charge in [-0.05, 0) is 63.0 Å². The summed E-state index contributed by atoms with van der Waals surface area (Å²) in [6.07, 6.45) is 11.9. The van der Waals surface area contributed by atoms with Crippen LogP contribution in [0, 0.1) is 5.92 Å². The van der Waals surface area contributed by atoms with Gasteiger partial charge in [0.15, 0.2) is 5.69 Å². The number of piperidine rings is 1. The van der Waals surface area contributed by atoms with E-state index < -0.39 is 0 Å². The lowest BCUT2D eigenvalue weighted by molar-refractivity contribution is 0.0679.